The molecule has 1 aromatic carbocycles. The number of nitrogens with one attached hydrogen (secondary N) is 1. The van der Waals surface area contributed by atoms with Crippen molar-refractivity contribution in [3.8, 4) is 0 Å². The molecular weight excluding hydrogens is 242 g/mol. The summed E-state index contributed by atoms with van der Waals surface area (Å²) in [7, 11) is 0. The number of fused-ring (bicyclic) bond motifs is 3. The number of aromatic nitrogens is 1. The van der Waals surface area contributed by atoms with E-state index in [-0.39, 0.29) is 5.78 Å². The first kappa shape index (κ1) is 8.24. The van der Waals surface area contributed by atoms with Crippen LogP contribution in [0.1, 0.15) is 22.5 Å². The standard InChI is InChI=1S/C11H8BrNO/c12-6-1-3-9-8(5-6)7-2-4-10(14)11(7)13-9/h1,3,5,13H,2,4H2. The molecule has 1 aliphatic rings. The van der Waals surface area contributed by atoms with Crippen molar-refractivity contribution in [2.24, 2.45) is 0 Å². The van der Waals surface area contributed by atoms with E-state index in [9.17, 15) is 4.79 Å². The van der Waals surface area contributed by atoms with E-state index in [4.69, 9.17) is 0 Å². The Bertz CT molecular complexity index is 541. The first-order valence-corrected chi connectivity index (χ1v) is 5.38. The molecule has 14 heavy (non-hydrogen) atoms. The van der Waals surface area contributed by atoms with Crippen molar-refractivity contribution in [3.63, 3.8) is 0 Å². The van der Waals surface area contributed by atoms with E-state index < -0.39 is 0 Å². The van der Waals surface area contributed by atoms with Crippen LogP contribution in [0.5, 0.6) is 0 Å². The summed E-state index contributed by atoms with van der Waals surface area (Å²) in [6, 6.07) is 6.06. The average Bonchev–Trinajstić information content (AvgIpc) is 2.67. The first-order chi connectivity index (χ1) is 6.75. The molecule has 0 saturated heterocycles. The molecule has 0 fully saturated rings. The molecule has 70 valence electrons. The lowest BCUT2D eigenvalue weighted by molar-refractivity contribution is 0.0991. The molecule has 2 aromatic rings. The van der Waals surface area contributed by atoms with E-state index in [2.05, 4.69) is 27.0 Å². The molecule has 3 heteroatoms. The van der Waals surface area contributed by atoms with Crippen LogP contribution in [0.2, 0.25) is 0 Å². The number of aryl methyl sites for hydroxylation is 1. The van der Waals surface area contributed by atoms with Gasteiger partial charge in [0.15, 0.2) is 5.78 Å². The zero-order chi connectivity index (χ0) is 9.71. The molecule has 0 aliphatic heterocycles. The van der Waals surface area contributed by atoms with E-state index in [1.807, 2.05) is 12.1 Å². The van der Waals surface area contributed by atoms with Crippen LogP contribution in [0.3, 0.4) is 0 Å². The number of benzene rings is 1. The van der Waals surface area contributed by atoms with Crippen LogP contribution >= 0.6 is 15.9 Å². The molecule has 1 aromatic heterocycles. The van der Waals surface area contributed by atoms with Gasteiger partial charge in [-0.3, -0.25) is 4.79 Å². The number of carbonyl (C=O) groups excluding carboxylic acids is 1. The molecular formula is C11H8BrNO. The number of hydrogen-bond donors (Lipinski definition) is 1. The minimum absolute atomic E-state index is 0.243. The SMILES string of the molecule is O=C1CCc2c1[nH]c1ccc(Br)cc21. The molecule has 0 radical (unpaired) electrons. The van der Waals surface area contributed by atoms with E-state index in [1.54, 1.807) is 0 Å². The van der Waals surface area contributed by atoms with E-state index in [0.29, 0.717) is 6.42 Å². The summed E-state index contributed by atoms with van der Waals surface area (Å²) in [6.07, 6.45) is 1.54. The van der Waals surface area contributed by atoms with Gasteiger partial charge in [-0.25, -0.2) is 0 Å². The third-order valence-corrected chi connectivity index (χ3v) is 3.24. The summed E-state index contributed by atoms with van der Waals surface area (Å²) in [6.45, 7) is 0. The van der Waals surface area contributed by atoms with Crippen LogP contribution in [-0.2, 0) is 6.42 Å². The molecule has 3 rings (SSSR count). The molecule has 1 heterocycles. The topological polar surface area (TPSA) is 32.9 Å². The zero-order valence-electron chi connectivity index (χ0n) is 7.43. The minimum Gasteiger partial charge on any atom is -0.352 e. The van der Waals surface area contributed by atoms with Crippen LogP contribution in [0.15, 0.2) is 22.7 Å². The smallest absolute Gasteiger partial charge is 0.179 e. The number of rotatable bonds is 0. The highest BCUT2D eigenvalue weighted by molar-refractivity contribution is 9.10. The Labute approximate surface area is 89.4 Å². The van der Waals surface area contributed by atoms with Crippen molar-refractivity contribution in [1.82, 2.24) is 4.98 Å². The Morgan fingerprint density at radius 1 is 1.29 bits per heavy atom. The number of carbonyl (C=O) groups is 1. The fourth-order valence-electron chi connectivity index (χ4n) is 2.08. The summed E-state index contributed by atoms with van der Waals surface area (Å²) in [4.78, 5) is 14.7. The molecule has 0 atom stereocenters. The minimum atomic E-state index is 0.243. The molecule has 0 saturated carbocycles. The van der Waals surface area contributed by atoms with Crippen LogP contribution < -0.4 is 0 Å². The monoisotopic (exact) mass is 249 g/mol. The molecule has 1 aliphatic carbocycles. The Morgan fingerprint density at radius 3 is 3.00 bits per heavy atom. The Balaban J connectivity index is 2.41. The average molecular weight is 250 g/mol. The zero-order valence-corrected chi connectivity index (χ0v) is 9.02. The predicted octanol–water partition coefficient (Wildman–Crippen LogP) is 3.06. The number of ketones is 1. The van der Waals surface area contributed by atoms with Gasteiger partial charge >= 0.3 is 0 Å². The maximum Gasteiger partial charge on any atom is 0.179 e. The number of hydrogen-bond acceptors (Lipinski definition) is 1. The van der Waals surface area contributed by atoms with Gasteiger partial charge in [0.25, 0.3) is 0 Å². The van der Waals surface area contributed by atoms with Gasteiger partial charge < -0.3 is 4.98 Å². The van der Waals surface area contributed by atoms with E-state index in [0.717, 1.165) is 22.1 Å². The second kappa shape index (κ2) is 2.70. The maximum absolute atomic E-state index is 11.5. The normalized spacial score (nSPS) is 15.1. The summed E-state index contributed by atoms with van der Waals surface area (Å²) in [5.41, 5.74) is 3.07. The Morgan fingerprint density at radius 2 is 2.14 bits per heavy atom. The highest BCUT2D eigenvalue weighted by Crippen LogP contribution is 2.31. The molecule has 2 nitrogen and oxygen atoms in total. The Kier molecular flexibility index (Phi) is 1.59. The molecule has 1 N–H and O–H groups in total. The second-order valence-electron chi connectivity index (χ2n) is 3.59. The molecule has 0 bridgehead atoms. The summed E-state index contributed by atoms with van der Waals surface area (Å²) in [5.74, 6) is 0.243. The number of Topliss-reactive ketones (excluding diaryl/α,β-unsaturated/α-hetero) is 1. The number of H-pyrrole nitrogens is 1. The highest BCUT2D eigenvalue weighted by atomic mass is 79.9. The van der Waals surface area contributed by atoms with Gasteiger partial charge in [-0.15, -0.1) is 0 Å². The lowest BCUT2D eigenvalue weighted by atomic mass is 10.1. The van der Waals surface area contributed by atoms with Gasteiger partial charge in [-0.05, 0) is 30.2 Å². The van der Waals surface area contributed by atoms with Crippen molar-refractivity contribution >= 4 is 32.6 Å². The quantitative estimate of drug-likeness (QED) is 0.765. The van der Waals surface area contributed by atoms with Crippen molar-refractivity contribution in [2.75, 3.05) is 0 Å². The van der Waals surface area contributed by atoms with Crippen LogP contribution in [0.25, 0.3) is 10.9 Å². The molecule has 0 spiro atoms. The summed E-state index contributed by atoms with van der Waals surface area (Å²) >= 11 is 3.44. The molecule has 0 amide bonds. The third kappa shape index (κ3) is 0.989. The van der Waals surface area contributed by atoms with E-state index in [1.165, 1.54) is 10.9 Å². The second-order valence-corrected chi connectivity index (χ2v) is 4.51. The van der Waals surface area contributed by atoms with Crippen LogP contribution in [0, 0.1) is 0 Å². The fourth-order valence-corrected chi connectivity index (χ4v) is 2.44. The van der Waals surface area contributed by atoms with Gasteiger partial charge in [0, 0.05) is 21.8 Å². The van der Waals surface area contributed by atoms with Gasteiger partial charge in [-0.2, -0.15) is 0 Å². The van der Waals surface area contributed by atoms with Gasteiger partial charge in [0.1, 0.15) is 0 Å². The number of halogens is 1. The number of aromatic amines is 1. The third-order valence-electron chi connectivity index (χ3n) is 2.75. The summed E-state index contributed by atoms with van der Waals surface area (Å²) < 4.78 is 1.06. The Hall–Kier alpha value is -1.09. The van der Waals surface area contributed by atoms with Gasteiger partial charge in [0.2, 0.25) is 0 Å². The lowest BCUT2D eigenvalue weighted by Gasteiger charge is -1.93. The van der Waals surface area contributed by atoms with Crippen molar-refractivity contribution in [1.29, 1.82) is 0 Å². The maximum atomic E-state index is 11.5. The molecule has 0 unspecified atom stereocenters. The first-order valence-electron chi connectivity index (χ1n) is 4.59. The van der Waals surface area contributed by atoms with Crippen molar-refractivity contribution in [2.45, 2.75) is 12.8 Å². The van der Waals surface area contributed by atoms with Gasteiger partial charge in [-0.1, -0.05) is 15.9 Å². The largest absolute Gasteiger partial charge is 0.352 e. The van der Waals surface area contributed by atoms with Crippen molar-refractivity contribution < 1.29 is 4.79 Å². The van der Waals surface area contributed by atoms with Crippen molar-refractivity contribution in [3.05, 3.63) is 33.9 Å². The van der Waals surface area contributed by atoms with Crippen LogP contribution in [0.4, 0.5) is 0 Å². The predicted molar refractivity (Wildman–Crippen MR) is 58.7 cm³/mol. The van der Waals surface area contributed by atoms with Crippen LogP contribution in [-0.4, -0.2) is 10.8 Å². The van der Waals surface area contributed by atoms with E-state index >= 15 is 0 Å². The lowest BCUT2D eigenvalue weighted by Crippen LogP contribution is -1.90. The fraction of sp³-hybridized carbons (Fsp3) is 0.182. The van der Waals surface area contributed by atoms with Gasteiger partial charge in [0.05, 0.1) is 5.69 Å². The summed E-state index contributed by atoms with van der Waals surface area (Å²) in [5, 5.41) is 1.18. The highest BCUT2D eigenvalue weighted by Gasteiger charge is 2.23.